The second-order valence-electron chi connectivity index (χ2n) is 5.98. The standard InChI is InChI=1S/C19H21NO3S/c1-3-23-19(22)16-15-12(2)8-7-11-14(15)24-18(16)20-17(21)13-9-5-4-6-10-13/h4-6,9-10,12H,3,7-8,11H2,1-2H3,(H,20,21). The molecule has 4 nitrogen and oxygen atoms in total. The van der Waals surface area contributed by atoms with Gasteiger partial charge in [-0.1, -0.05) is 25.1 Å². The largest absolute Gasteiger partial charge is 0.462 e. The number of hydrogen-bond acceptors (Lipinski definition) is 4. The van der Waals surface area contributed by atoms with Gasteiger partial charge in [-0.05, 0) is 49.8 Å². The van der Waals surface area contributed by atoms with Crippen molar-refractivity contribution < 1.29 is 14.3 Å². The highest BCUT2D eigenvalue weighted by Gasteiger charge is 2.30. The molecule has 1 aromatic heterocycles. The number of thiophene rings is 1. The van der Waals surface area contributed by atoms with E-state index in [9.17, 15) is 9.59 Å². The minimum Gasteiger partial charge on any atom is -0.462 e. The lowest BCUT2D eigenvalue weighted by molar-refractivity contribution is 0.0526. The zero-order valence-electron chi connectivity index (χ0n) is 13.9. The number of carbonyl (C=O) groups is 2. The molecule has 1 aliphatic rings. The van der Waals surface area contributed by atoms with E-state index in [1.54, 1.807) is 19.1 Å². The predicted octanol–water partition coefficient (Wildman–Crippen LogP) is 4.62. The molecular formula is C19H21NO3S. The third-order valence-electron chi connectivity index (χ3n) is 4.30. The molecule has 1 amide bonds. The molecule has 126 valence electrons. The van der Waals surface area contributed by atoms with Crippen LogP contribution in [-0.2, 0) is 11.2 Å². The first-order valence-corrected chi connectivity index (χ1v) is 9.12. The number of nitrogens with one attached hydrogen (secondary N) is 1. The van der Waals surface area contributed by atoms with E-state index in [-0.39, 0.29) is 11.9 Å². The van der Waals surface area contributed by atoms with Gasteiger partial charge in [-0.2, -0.15) is 0 Å². The highest BCUT2D eigenvalue weighted by molar-refractivity contribution is 7.17. The first-order valence-electron chi connectivity index (χ1n) is 8.30. The first-order chi connectivity index (χ1) is 11.6. The van der Waals surface area contributed by atoms with Crippen LogP contribution in [0.25, 0.3) is 0 Å². The molecule has 0 bridgehead atoms. The normalized spacial score (nSPS) is 16.3. The van der Waals surface area contributed by atoms with Crippen LogP contribution in [0.1, 0.15) is 63.8 Å². The number of aryl methyl sites for hydroxylation is 1. The lowest BCUT2D eigenvalue weighted by atomic mass is 9.86. The number of esters is 1. The Kier molecular flexibility index (Phi) is 5.00. The summed E-state index contributed by atoms with van der Waals surface area (Å²) in [6, 6.07) is 9.03. The van der Waals surface area contributed by atoms with Gasteiger partial charge < -0.3 is 10.1 Å². The lowest BCUT2D eigenvalue weighted by Gasteiger charge is -2.19. The van der Waals surface area contributed by atoms with Gasteiger partial charge in [0.15, 0.2) is 0 Å². The number of hydrogen-bond donors (Lipinski definition) is 1. The zero-order chi connectivity index (χ0) is 17.1. The molecule has 24 heavy (non-hydrogen) atoms. The van der Waals surface area contributed by atoms with Crippen LogP contribution in [0.4, 0.5) is 5.00 Å². The van der Waals surface area contributed by atoms with Crippen LogP contribution in [0, 0.1) is 0 Å². The molecule has 1 aromatic carbocycles. The maximum atomic E-state index is 12.5. The summed E-state index contributed by atoms with van der Waals surface area (Å²) in [6.07, 6.45) is 3.13. The molecule has 0 saturated heterocycles. The molecule has 1 atom stereocenters. The molecule has 3 rings (SSSR count). The van der Waals surface area contributed by atoms with Crippen molar-refractivity contribution in [3.63, 3.8) is 0 Å². The maximum Gasteiger partial charge on any atom is 0.341 e. The first kappa shape index (κ1) is 16.7. The van der Waals surface area contributed by atoms with Crippen LogP contribution in [0.3, 0.4) is 0 Å². The van der Waals surface area contributed by atoms with Crippen molar-refractivity contribution in [2.75, 3.05) is 11.9 Å². The summed E-state index contributed by atoms with van der Waals surface area (Å²) in [5, 5.41) is 3.53. The van der Waals surface area contributed by atoms with E-state index in [0.717, 1.165) is 24.8 Å². The minimum atomic E-state index is -0.341. The summed E-state index contributed by atoms with van der Waals surface area (Å²) in [6.45, 7) is 4.25. The lowest BCUT2D eigenvalue weighted by Crippen LogP contribution is -2.16. The Morgan fingerprint density at radius 1 is 1.29 bits per heavy atom. The molecule has 0 spiro atoms. The average Bonchev–Trinajstić information content (AvgIpc) is 2.95. The molecule has 1 N–H and O–H groups in total. The molecule has 0 saturated carbocycles. The summed E-state index contributed by atoms with van der Waals surface area (Å²) in [5.74, 6) is -0.230. The van der Waals surface area contributed by atoms with Gasteiger partial charge in [-0.25, -0.2) is 4.79 Å². The van der Waals surface area contributed by atoms with Gasteiger partial charge in [0.1, 0.15) is 5.00 Å². The van der Waals surface area contributed by atoms with Gasteiger partial charge >= 0.3 is 5.97 Å². The molecule has 0 aliphatic heterocycles. The minimum absolute atomic E-state index is 0.201. The molecule has 1 aliphatic carbocycles. The quantitative estimate of drug-likeness (QED) is 0.824. The van der Waals surface area contributed by atoms with Gasteiger partial charge in [-0.15, -0.1) is 11.3 Å². The molecule has 5 heteroatoms. The van der Waals surface area contributed by atoms with Crippen LogP contribution >= 0.6 is 11.3 Å². The highest BCUT2D eigenvalue weighted by Crippen LogP contribution is 2.43. The monoisotopic (exact) mass is 343 g/mol. The van der Waals surface area contributed by atoms with E-state index in [2.05, 4.69) is 12.2 Å². The van der Waals surface area contributed by atoms with Crippen LogP contribution in [-0.4, -0.2) is 18.5 Å². The molecular weight excluding hydrogens is 322 g/mol. The van der Waals surface area contributed by atoms with E-state index in [4.69, 9.17) is 4.74 Å². The van der Waals surface area contributed by atoms with Crippen LogP contribution in [0.2, 0.25) is 0 Å². The van der Waals surface area contributed by atoms with Gasteiger partial charge in [-0.3, -0.25) is 4.79 Å². The predicted molar refractivity (Wildman–Crippen MR) is 96.0 cm³/mol. The number of amides is 1. The fraction of sp³-hybridized carbons (Fsp3) is 0.368. The fourth-order valence-electron chi connectivity index (χ4n) is 3.17. The second kappa shape index (κ2) is 7.18. The third-order valence-corrected chi connectivity index (χ3v) is 5.48. The summed E-state index contributed by atoms with van der Waals surface area (Å²) >= 11 is 1.51. The van der Waals surface area contributed by atoms with E-state index in [1.165, 1.54) is 16.2 Å². The van der Waals surface area contributed by atoms with Gasteiger partial charge in [0.25, 0.3) is 5.91 Å². The Bertz CT molecular complexity index is 751. The molecule has 0 radical (unpaired) electrons. The van der Waals surface area contributed by atoms with E-state index in [0.29, 0.717) is 28.7 Å². The maximum absolute atomic E-state index is 12.5. The van der Waals surface area contributed by atoms with Crippen molar-refractivity contribution in [3.05, 3.63) is 51.9 Å². The number of ether oxygens (including phenoxy) is 1. The fourth-order valence-corrected chi connectivity index (χ4v) is 4.51. The zero-order valence-corrected chi connectivity index (χ0v) is 14.7. The van der Waals surface area contributed by atoms with E-state index in [1.807, 2.05) is 18.2 Å². The van der Waals surface area contributed by atoms with E-state index < -0.39 is 0 Å². The number of fused-ring (bicyclic) bond motifs is 1. The number of rotatable bonds is 4. The van der Waals surface area contributed by atoms with Crippen LogP contribution < -0.4 is 5.32 Å². The SMILES string of the molecule is CCOC(=O)c1c(NC(=O)c2ccccc2)sc2c1C(C)CCC2. The van der Waals surface area contributed by atoms with Crippen molar-refractivity contribution in [1.29, 1.82) is 0 Å². The van der Waals surface area contributed by atoms with Crippen molar-refractivity contribution in [2.45, 2.75) is 39.0 Å². The second-order valence-corrected chi connectivity index (χ2v) is 7.08. The Morgan fingerprint density at radius 2 is 2.04 bits per heavy atom. The van der Waals surface area contributed by atoms with Gasteiger partial charge in [0, 0.05) is 10.4 Å². The van der Waals surface area contributed by atoms with Crippen LogP contribution in [0.5, 0.6) is 0 Å². The summed E-state index contributed by atoms with van der Waals surface area (Å²) in [7, 11) is 0. The van der Waals surface area contributed by atoms with Gasteiger partial charge in [0.05, 0.1) is 12.2 Å². The Hall–Kier alpha value is -2.14. The summed E-state index contributed by atoms with van der Waals surface area (Å²) in [4.78, 5) is 26.2. The number of anilines is 1. The Labute approximate surface area is 145 Å². The van der Waals surface area contributed by atoms with Crippen molar-refractivity contribution >= 4 is 28.2 Å². The van der Waals surface area contributed by atoms with Crippen molar-refractivity contribution in [3.8, 4) is 0 Å². The number of carbonyl (C=O) groups excluding carboxylic acids is 2. The van der Waals surface area contributed by atoms with E-state index >= 15 is 0 Å². The Balaban J connectivity index is 1.98. The van der Waals surface area contributed by atoms with Gasteiger partial charge in [0.2, 0.25) is 0 Å². The molecule has 1 heterocycles. The molecule has 1 unspecified atom stereocenters. The van der Waals surface area contributed by atoms with Crippen molar-refractivity contribution in [1.82, 2.24) is 0 Å². The van der Waals surface area contributed by atoms with Crippen LogP contribution in [0.15, 0.2) is 30.3 Å². The third kappa shape index (κ3) is 3.22. The molecule has 2 aromatic rings. The summed E-state index contributed by atoms with van der Waals surface area (Å²) in [5.41, 5.74) is 2.19. The topological polar surface area (TPSA) is 55.4 Å². The highest BCUT2D eigenvalue weighted by atomic mass is 32.1. The number of benzene rings is 1. The van der Waals surface area contributed by atoms with Crippen molar-refractivity contribution in [2.24, 2.45) is 0 Å². The summed E-state index contributed by atoms with van der Waals surface area (Å²) < 4.78 is 5.25. The molecule has 0 fully saturated rings. The Morgan fingerprint density at radius 3 is 2.75 bits per heavy atom. The average molecular weight is 343 g/mol. The smallest absolute Gasteiger partial charge is 0.341 e.